The van der Waals surface area contributed by atoms with E-state index in [9.17, 15) is 4.79 Å². The number of amides is 1. The zero-order chi connectivity index (χ0) is 12.3. The molecule has 0 unspecified atom stereocenters. The van der Waals surface area contributed by atoms with E-state index < -0.39 is 0 Å². The molecule has 3 nitrogen and oxygen atoms in total. The molecule has 0 radical (unpaired) electrons. The zero-order valence-electron chi connectivity index (χ0n) is 10.6. The molecule has 1 amide bonds. The maximum atomic E-state index is 11.5. The third-order valence-electron chi connectivity index (χ3n) is 2.70. The number of unbranched alkanes of at least 4 members (excludes halogenated alkanes) is 4. The predicted octanol–water partition coefficient (Wildman–Crippen LogP) is 3.06. The van der Waals surface area contributed by atoms with Crippen LogP contribution in [-0.4, -0.2) is 10.9 Å². The zero-order valence-corrected chi connectivity index (χ0v) is 10.6. The second-order valence-electron chi connectivity index (χ2n) is 4.26. The highest BCUT2D eigenvalue weighted by Gasteiger charge is 2.01. The molecule has 0 aliphatic carbocycles. The molecule has 94 valence electrons. The second kappa shape index (κ2) is 8.74. The van der Waals surface area contributed by atoms with Gasteiger partial charge in [0.25, 0.3) is 0 Å². The topological polar surface area (TPSA) is 42.0 Å². The van der Waals surface area contributed by atoms with E-state index in [2.05, 4.69) is 17.2 Å². The highest BCUT2D eigenvalue weighted by Crippen LogP contribution is 2.04. The van der Waals surface area contributed by atoms with Gasteiger partial charge >= 0.3 is 0 Å². The molecular formula is C14H22N2O. The van der Waals surface area contributed by atoms with Crippen LogP contribution in [0.1, 0.15) is 51.1 Å². The molecule has 0 aromatic carbocycles. The molecule has 0 spiro atoms. The van der Waals surface area contributed by atoms with Crippen molar-refractivity contribution in [3.63, 3.8) is 0 Å². The van der Waals surface area contributed by atoms with Crippen LogP contribution in [0.2, 0.25) is 0 Å². The minimum atomic E-state index is 0.132. The van der Waals surface area contributed by atoms with Crippen molar-refractivity contribution in [2.24, 2.45) is 0 Å². The average molecular weight is 234 g/mol. The Morgan fingerprint density at radius 2 is 2.06 bits per heavy atom. The molecule has 0 aliphatic rings. The maximum absolute atomic E-state index is 11.5. The average Bonchev–Trinajstić information content (AvgIpc) is 2.37. The fourth-order valence-corrected chi connectivity index (χ4v) is 1.67. The van der Waals surface area contributed by atoms with Crippen LogP contribution in [0.3, 0.4) is 0 Å². The van der Waals surface area contributed by atoms with Crippen molar-refractivity contribution in [1.29, 1.82) is 0 Å². The van der Waals surface area contributed by atoms with E-state index in [1.165, 1.54) is 19.3 Å². The number of hydrogen-bond acceptors (Lipinski definition) is 2. The Labute approximate surface area is 104 Å². The molecule has 1 heterocycles. The van der Waals surface area contributed by atoms with Crippen molar-refractivity contribution in [3.05, 3.63) is 30.1 Å². The fourth-order valence-electron chi connectivity index (χ4n) is 1.67. The Morgan fingerprint density at radius 1 is 1.24 bits per heavy atom. The molecule has 0 aliphatic heterocycles. The Morgan fingerprint density at radius 3 is 2.76 bits per heavy atom. The number of carbonyl (C=O) groups is 1. The van der Waals surface area contributed by atoms with Gasteiger partial charge in [-0.25, -0.2) is 0 Å². The van der Waals surface area contributed by atoms with Crippen molar-refractivity contribution in [2.45, 2.75) is 52.0 Å². The lowest BCUT2D eigenvalue weighted by Gasteiger charge is -2.04. The lowest BCUT2D eigenvalue weighted by Crippen LogP contribution is -2.22. The van der Waals surface area contributed by atoms with Gasteiger partial charge in [-0.1, -0.05) is 38.7 Å². The van der Waals surface area contributed by atoms with Gasteiger partial charge in [0.2, 0.25) is 5.91 Å². The van der Waals surface area contributed by atoms with Crippen LogP contribution in [0, 0.1) is 0 Å². The number of aromatic nitrogens is 1. The van der Waals surface area contributed by atoms with Crippen molar-refractivity contribution in [3.8, 4) is 0 Å². The van der Waals surface area contributed by atoms with Gasteiger partial charge in [-0.3, -0.25) is 9.78 Å². The van der Waals surface area contributed by atoms with E-state index in [4.69, 9.17) is 0 Å². The van der Waals surface area contributed by atoms with Crippen LogP contribution in [-0.2, 0) is 11.3 Å². The highest BCUT2D eigenvalue weighted by atomic mass is 16.1. The Balaban J connectivity index is 2.05. The number of pyridine rings is 1. The van der Waals surface area contributed by atoms with Gasteiger partial charge < -0.3 is 5.32 Å². The summed E-state index contributed by atoms with van der Waals surface area (Å²) in [5.41, 5.74) is 0.909. The fraction of sp³-hybridized carbons (Fsp3) is 0.571. The second-order valence-corrected chi connectivity index (χ2v) is 4.26. The van der Waals surface area contributed by atoms with Crippen LogP contribution in [0.4, 0.5) is 0 Å². The number of carbonyl (C=O) groups excluding carboxylic acids is 1. The molecule has 1 aromatic heterocycles. The van der Waals surface area contributed by atoms with Gasteiger partial charge in [0.1, 0.15) is 0 Å². The SMILES string of the molecule is CCCCCCCC(=O)NCc1ccccn1. The largest absolute Gasteiger partial charge is 0.350 e. The summed E-state index contributed by atoms with van der Waals surface area (Å²) in [6.45, 7) is 2.73. The third kappa shape index (κ3) is 6.72. The van der Waals surface area contributed by atoms with E-state index in [0.717, 1.165) is 18.5 Å². The molecule has 0 saturated carbocycles. The first kappa shape index (κ1) is 13.7. The maximum Gasteiger partial charge on any atom is 0.220 e. The molecule has 1 N–H and O–H groups in total. The monoisotopic (exact) mass is 234 g/mol. The van der Waals surface area contributed by atoms with Gasteiger partial charge in [-0.05, 0) is 18.6 Å². The first-order valence-electron chi connectivity index (χ1n) is 6.49. The summed E-state index contributed by atoms with van der Waals surface area (Å²) < 4.78 is 0. The van der Waals surface area contributed by atoms with Crippen LogP contribution < -0.4 is 5.32 Å². The van der Waals surface area contributed by atoms with Crippen LogP contribution in [0.5, 0.6) is 0 Å². The lowest BCUT2D eigenvalue weighted by atomic mass is 10.1. The summed E-state index contributed by atoms with van der Waals surface area (Å²) in [5, 5.41) is 2.89. The van der Waals surface area contributed by atoms with E-state index >= 15 is 0 Å². The van der Waals surface area contributed by atoms with Gasteiger partial charge in [0.15, 0.2) is 0 Å². The predicted molar refractivity (Wildman–Crippen MR) is 69.5 cm³/mol. The van der Waals surface area contributed by atoms with Gasteiger partial charge in [0, 0.05) is 12.6 Å². The number of nitrogens with one attached hydrogen (secondary N) is 1. The Hall–Kier alpha value is -1.38. The summed E-state index contributed by atoms with van der Waals surface area (Å²) in [4.78, 5) is 15.7. The first-order valence-corrected chi connectivity index (χ1v) is 6.49. The molecule has 1 aromatic rings. The molecule has 0 atom stereocenters. The number of hydrogen-bond donors (Lipinski definition) is 1. The molecular weight excluding hydrogens is 212 g/mol. The molecule has 1 rings (SSSR count). The Bertz CT molecular complexity index is 311. The van der Waals surface area contributed by atoms with E-state index in [0.29, 0.717) is 13.0 Å². The standard InChI is InChI=1S/C14H22N2O/c1-2-3-4-5-6-10-14(17)16-12-13-9-7-8-11-15-13/h7-9,11H,2-6,10,12H2,1H3,(H,16,17). The van der Waals surface area contributed by atoms with Crippen LogP contribution in [0.15, 0.2) is 24.4 Å². The minimum Gasteiger partial charge on any atom is -0.350 e. The first-order chi connectivity index (χ1) is 8.33. The molecule has 3 heteroatoms. The van der Waals surface area contributed by atoms with E-state index in [1.54, 1.807) is 6.20 Å². The quantitative estimate of drug-likeness (QED) is 0.702. The minimum absolute atomic E-state index is 0.132. The number of nitrogens with zero attached hydrogens (tertiary/aromatic N) is 1. The summed E-state index contributed by atoms with van der Waals surface area (Å²) in [5.74, 6) is 0.132. The van der Waals surface area contributed by atoms with E-state index in [1.807, 2.05) is 18.2 Å². The van der Waals surface area contributed by atoms with Crippen molar-refractivity contribution in [2.75, 3.05) is 0 Å². The van der Waals surface area contributed by atoms with E-state index in [-0.39, 0.29) is 5.91 Å². The summed E-state index contributed by atoms with van der Waals surface area (Å²) in [6.07, 6.45) is 8.28. The third-order valence-corrected chi connectivity index (χ3v) is 2.70. The summed E-state index contributed by atoms with van der Waals surface area (Å²) in [7, 11) is 0. The smallest absolute Gasteiger partial charge is 0.220 e. The summed E-state index contributed by atoms with van der Waals surface area (Å²) in [6, 6.07) is 5.72. The highest BCUT2D eigenvalue weighted by molar-refractivity contribution is 5.75. The summed E-state index contributed by atoms with van der Waals surface area (Å²) >= 11 is 0. The molecule has 0 fully saturated rings. The molecule has 0 saturated heterocycles. The molecule has 17 heavy (non-hydrogen) atoms. The Kier molecular flexibility index (Phi) is 7.03. The molecule has 0 bridgehead atoms. The van der Waals surface area contributed by atoms with Crippen molar-refractivity contribution >= 4 is 5.91 Å². The van der Waals surface area contributed by atoms with Gasteiger partial charge in [0.05, 0.1) is 12.2 Å². The lowest BCUT2D eigenvalue weighted by molar-refractivity contribution is -0.121. The normalized spacial score (nSPS) is 10.2. The van der Waals surface area contributed by atoms with Gasteiger partial charge in [-0.2, -0.15) is 0 Å². The number of rotatable bonds is 8. The van der Waals surface area contributed by atoms with Crippen LogP contribution in [0.25, 0.3) is 0 Å². The van der Waals surface area contributed by atoms with Crippen LogP contribution >= 0.6 is 0 Å². The van der Waals surface area contributed by atoms with Crippen molar-refractivity contribution in [1.82, 2.24) is 10.3 Å². The van der Waals surface area contributed by atoms with Crippen molar-refractivity contribution < 1.29 is 4.79 Å². The van der Waals surface area contributed by atoms with Gasteiger partial charge in [-0.15, -0.1) is 0 Å².